The number of piperazine rings is 1. The maximum atomic E-state index is 11.4. The molecule has 0 saturated carbocycles. The number of ether oxygens (including phenoxy) is 1. The smallest absolute Gasteiger partial charge is 0.221 e. The predicted octanol–water partition coefficient (Wildman–Crippen LogP) is 3.62. The third kappa shape index (κ3) is 6.49. The number of carbonyl (C=O) groups excluding carboxylic acids is 1. The van der Waals surface area contributed by atoms with E-state index in [1.54, 1.807) is 18.4 Å². The lowest BCUT2D eigenvalue weighted by Crippen LogP contribution is -2.52. The Morgan fingerprint density at radius 3 is 2.60 bits per heavy atom. The number of nitrogens with zero attached hydrogens (tertiary/aromatic N) is 3. The molecule has 0 unspecified atom stereocenters. The number of amides is 1. The molecule has 2 heterocycles. The third-order valence-corrected chi connectivity index (χ3v) is 5.65. The van der Waals surface area contributed by atoms with E-state index in [0.717, 1.165) is 44.2 Å². The fraction of sp³-hybridized carbons (Fsp3) is 0.429. The minimum absolute atomic E-state index is 0. The van der Waals surface area contributed by atoms with E-state index in [9.17, 15) is 4.79 Å². The number of hydrogen-bond donors (Lipinski definition) is 2. The highest BCUT2D eigenvalue weighted by Gasteiger charge is 2.20. The summed E-state index contributed by atoms with van der Waals surface area (Å²) in [5.74, 6) is 1.45. The predicted molar refractivity (Wildman–Crippen MR) is 136 cm³/mol. The van der Waals surface area contributed by atoms with Crippen LogP contribution in [0.2, 0.25) is 0 Å². The average molecular weight is 543 g/mol. The van der Waals surface area contributed by atoms with Gasteiger partial charge in [-0.1, -0.05) is 6.07 Å². The number of halogens is 1. The second-order valence-electron chi connectivity index (χ2n) is 6.81. The number of guanidine groups is 1. The lowest BCUT2D eigenvalue weighted by Gasteiger charge is -2.37. The molecule has 1 aromatic carbocycles. The molecule has 2 N–H and O–H groups in total. The van der Waals surface area contributed by atoms with Crippen molar-refractivity contribution < 1.29 is 9.53 Å². The Hall–Kier alpha value is -2.01. The summed E-state index contributed by atoms with van der Waals surface area (Å²) in [6.45, 7) is 8.77. The molecular weight excluding hydrogens is 513 g/mol. The second kappa shape index (κ2) is 12.0. The van der Waals surface area contributed by atoms with Crippen molar-refractivity contribution in [1.29, 1.82) is 0 Å². The van der Waals surface area contributed by atoms with Crippen LogP contribution in [0.15, 0.2) is 40.7 Å². The van der Waals surface area contributed by atoms with Crippen LogP contribution in [0.4, 0.5) is 10.7 Å². The molecule has 1 fully saturated rings. The maximum Gasteiger partial charge on any atom is 0.221 e. The van der Waals surface area contributed by atoms with E-state index in [1.165, 1.54) is 11.9 Å². The Morgan fingerprint density at radius 1 is 1.23 bits per heavy atom. The quantitative estimate of drug-likeness (QED) is 0.331. The SMILES string of the molecule is CCNC(=NCc1ccc(OC)c(NC(C)=O)c1)N1CCN(c2cccs2)CC1.I. The highest BCUT2D eigenvalue weighted by atomic mass is 127. The molecule has 0 atom stereocenters. The normalized spacial score (nSPS) is 14.2. The summed E-state index contributed by atoms with van der Waals surface area (Å²) in [7, 11) is 1.59. The van der Waals surface area contributed by atoms with Crippen LogP contribution < -0.4 is 20.3 Å². The van der Waals surface area contributed by atoms with E-state index >= 15 is 0 Å². The summed E-state index contributed by atoms with van der Waals surface area (Å²) >= 11 is 1.79. The molecule has 0 aliphatic carbocycles. The van der Waals surface area contributed by atoms with Gasteiger partial charge in [-0.25, -0.2) is 4.99 Å². The maximum absolute atomic E-state index is 11.4. The number of rotatable bonds is 6. The van der Waals surface area contributed by atoms with E-state index in [0.29, 0.717) is 18.0 Å². The lowest BCUT2D eigenvalue weighted by molar-refractivity contribution is -0.114. The Bertz CT molecular complexity index is 836. The first-order chi connectivity index (χ1) is 14.1. The summed E-state index contributed by atoms with van der Waals surface area (Å²) in [6.07, 6.45) is 0. The van der Waals surface area contributed by atoms with Crippen LogP contribution in [0.5, 0.6) is 5.75 Å². The molecule has 2 aromatic rings. The topological polar surface area (TPSA) is 69.2 Å². The van der Waals surface area contributed by atoms with E-state index in [1.807, 2.05) is 18.2 Å². The molecule has 3 rings (SSSR count). The Kier molecular flexibility index (Phi) is 9.70. The second-order valence-corrected chi connectivity index (χ2v) is 7.74. The summed E-state index contributed by atoms with van der Waals surface area (Å²) in [5.41, 5.74) is 1.68. The van der Waals surface area contributed by atoms with Crippen molar-refractivity contribution in [1.82, 2.24) is 10.2 Å². The van der Waals surface area contributed by atoms with Gasteiger partial charge < -0.3 is 25.2 Å². The molecule has 9 heteroatoms. The average Bonchev–Trinajstić information content (AvgIpc) is 3.26. The van der Waals surface area contributed by atoms with Crippen LogP contribution in [-0.2, 0) is 11.3 Å². The minimum atomic E-state index is -0.124. The van der Waals surface area contributed by atoms with Crippen LogP contribution in [-0.4, -0.2) is 56.6 Å². The molecule has 0 radical (unpaired) electrons. The van der Waals surface area contributed by atoms with Gasteiger partial charge in [-0.05, 0) is 42.1 Å². The molecule has 0 spiro atoms. The fourth-order valence-corrected chi connectivity index (χ4v) is 4.11. The van der Waals surface area contributed by atoms with Crippen LogP contribution in [0.25, 0.3) is 0 Å². The van der Waals surface area contributed by atoms with E-state index < -0.39 is 0 Å². The van der Waals surface area contributed by atoms with Crippen LogP contribution in [0.3, 0.4) is 0 Å². The van der Waals surface area contributed by atoms with Crippen LogP contribution >= 0.6 is 35.3 Å². The summed E-state index contributed by atoms with van der Waals surface area (Å²) in [4.78, 5) is 21.0. The van der Waals surface area contributed by atoms with Gasteiger partial charge in [-0.3, -0.25) is 4.79 Å². The van der Waals surface area contributed by atoms with E-state index in [2.05, 4.69) is 44.9 Å². The van der Waals surface area contributed by atoms with Gasteiger partial charge in [0.1, 0.15) is 5.75 Å². The van der Waals surface area contributed by atoms with Crippen LogP contribution in [0, 0.1) is 0 Å². The van der Waals surface area contributed by atoms with Crippen molar-refractivity contribution in [3.05, 3.63) is 41.3 Å². The van der Waals surface area contributed by atoms with Gasteiger partial charge in [-0.15, -0.1) is 35.3 Å². The molecule has 1 saturated heterocycles. The zero-order valence-corrected chi connectivity index (χ0v) is 20.8. The Labute approximate surface area is 199 Å². The molecular formula is C21H30IN5O2S. The van der Waals surface area contributed by atoms with Gasteiger partial charge in [0.05, 0.1) is 24.3 Å². The number of methoxy groups -OCH3 is 1. The molecule has 7 nitrogen and oxygen atoms in total. The monoisotopic (exact) mass is 543 g/mol. The fourth-order valence-electron chi connectivity index (χ4n) is 3.32. The van der Waals surface area contributed by atoms with Gasteiger partial charge in [0.25, 0.3) is 0 Å². The zero-order chi connectivity index (χ0) is 20.6. The van der Waals surface area contributed by atoms with Crippen LogP contribution in [0.1, 0.15) is 19.4 Å². The number of carbonyl (C=O) groups is 1. The molecule has 1 aromatic heterocycles. The summed E-state index contributed by atoms with van der Waals surface area (Å²) in [5, 5.41) is 9.67. The van der Waals surface area contributed by atoms with E-state index in [4.69, 9.17) is 9.73 Å². The summed E-state index contributed by atoms with van der Waals surface area (Å²) < 4.78 is 5.33. The molecule has 1 aliphatic heterocycles. The van der Waals surface area contributed by atoms with Gasteiger partial charge >= 0.3 is 0 Å². The zero-order valence-electron chi connectivity index (χ0n) is 17.7. The number of benzene rings is 1. The lowest BCUT2D eigenvalue weighted by atomic mass is 10.2. The Morgan fingerprint density at radius 2 is 2.00 bits per heavy atom. The largest absolute Gasteiger partial charge is 0.495 e. The van der Waals surface area contributed by atoms with Crippen molar-refractivity contribution in [3.63, 3.8) is 0 Å². The standard InChI is InChI=1S/C21H29N5O2S.HI/c1-4-22-21(26-11-9-25(10-12-26)20-6-5-13-29-20)23-15-17-7-8-19(28-3)18(14-17)24-16(2)27;/h5-8,13-14H,4,9-12,15H2,1-3H3,(H,22,23)(H,24,27);1H. The molecule has 1 amide bonds. The van der Waals surface area contributed by atoms with E-state index in [-0.39, 0.29) is 29.9 Å². The first kappa shape index (κ1) is 24.3. The first-order valence-corrected chi connectivity index (χ1v) is 10.7. The third-order valence-electron chi connectivity index (χ3n) is 4.72. The van der Waals surface area contributed by atoms with Crippen molar-refractivity contribution in [3.8, 4) is 5.75 Å². The number of anilines is 2. The van der Waals surface area contributed by atoms with Gasteiger partial charge in [-0.2, -0.15) is 0 Å². The first-order valence-electron chi connectivity index (χ1n) is 9.87. The highest BCUT2D eigenvalue weighted by Crippen LogP contribution is 2.26. The van der Waals surface area contributed by atoms with Crippen molar-refractivity contribution in [2.75, 3.05) is 50.1 Å². The highest BCUT2D eigenvalue weighted by molar-refractivity contribution is 14.0. The van der Waals surface area contributed by atoms with Crippen molar-refractivity contribution >= 4 is 57.9 Å². The number of nitrogens with one attached hydrogen (secondary N) is 2. The number of thiophene rings is 1. The van der Waals surface area contributed by atoms with Gasteiger partial charge in [0, 0.05) is 39.6 Å². The van der Waals surface area contributed by atoms with Crippen molar-refractivity contribution in [2.45, 2.75) is 20.4 Å². The van der Waals surface area contributed by atoms with Crippen molar-refractivity contribution in [2.24, 2.45) is 4.99 Å². The van der Waals surface area contributed by atoms with Gasteiger partial charge in [0.15, 0.2) is 5.96 Å². The Balaban J connectivity index is 0.00000320. The van der Waals surface area contributed by atoms with Gasteiger partial charge in [0.2, 0.25) is 5.91 Å². The molecule has 0 bridgehead atoms. The summed E-state index contributed by atoms with van der Waals surface area (Å²) in [6, 6.07) is 10.0. The number of aliphatic imine (C=N–C) groups is 1. The number of hydrogen-bond acceptors (Lipinski definition) is 5. The molecule has 164 valence electrons. The molecule has 1 aliphatic rings. The minimum Gasteiger partial charge on any atom is -0.495 e. The molecule has 30 heavy (non-hydrogen) atoms.